The van der Waals surface area contributed by atoms with Crippen LogP contribution in [0.5, 0.6) is 11.5 Å². The Balaban J connectivity index is 1.25. The topological polar surface area (TPSA) is 98.3 Å². The summed E-state index contributed by atoms with van der Waals surface area (Å²) >= 11 is 0. The zero-order valence-electron chi connectivity index (χ0n) is 43.1. The second-order valence-corrected chi connectivity index (χ2v) is 29.0. The van der Waals surface area contributed by atoms with Crippen LogP contribution in [0.4, 0.5) is 32.3 Å². The van der Waals surface area contributed by atoms with Crippen LogP contribution in [-0.4, -0.2) is 65.6 Å². The van der Waals surface area contributed by atoms with E-state index in [0.29, 0.717) is 35.8 Å². The molecule has 0 bridgehead atoms. The van der Waals surface area contributed by atoms with Crippen molar-refractivity contribution in [1.82, 2.24) is 9.97 Å². The van der Waals surface area contributed by atoms with Crippen molar-refractivity contribution in [3.63, 3.8) is 0 Å². The van der Waals surface area contributed by atoms with Crippen molar-refractivity contribution in [1.29, 1.82) is 0 Å². The summed E-state index contributed by atoms with van der Waals surface area (Å²) in [6, 6.07) is 54.7. The minimum Gasteiger partial charge on any atom is -0.497 e. The number of halogens is 1. The first-order chi connectivity index (χ1) is 34.6. The van der Waals surface area contributed by atoms with E-state index in [1.165, 1.54) is 33.9 Å². The van der Waals surface area contributed by atoms with Gasteiger partial charge in [-0.05, 0) is 86.5 Å². The molecule has 0 spiro atoms. The van der Waals surface area contributed by atoms with Gasteiger partial charge < -0.3 is 23.6 Å². The van der Waals surface area contributed by atoms with E-state index in [4.69, 9.17) is 28.3 Å². The number of carbonyl (C=O) groups is 1. The predicted molar refractivity (Wildman–Crippen MR) is 295 cm³/mol. The third-order valence-corrected chi connectivity index (χ3v) is 24.0. The molecule has 374 valence electrons. The van der Waals surface area contributed by atoms with Crippen molar-refractivity contribution in [3.05, 3.63) is 181 Å². The van der Waals surface area contributed by atoms with Crippen LogP contribution in [-0.2, 0) is 15.4 Å². The number of hydrogen-bond donors (Lipinski definition) is 1. The van der Waals surface area contributed by atoms with Crippen LogP contribution < -0.4 is 45.3 Å². The van der Waals surface area contributed by atoms with Gasteiger partial charge >= 0.3 is 6.03 Å². The van der Waals surface area contributed by atoms with Crippen molar-refractivity contribution in [2.24, 2.45) is 0 Å². The molecule has 2 atom stereocenters. The van der Waals surface area contributed by atoms with Gasteiger partial charge in [0.2, 0.25) is 5.95 Å². The molecule has 1 aromatic heterocycles. The molecule has 0 unspecified atom stereocenters. The quantitative estimate of drug-likeness (QED) is 0.0800. The summed E-state index contributed by atoms with van der Waals surface area (Å²) in [4.78, 5) is 28.5. The lowest BCUT2D eigenvalue weighted by atomic mass is 10.1. The van der Waals surface area contributed by atoms with E-state index in [0.717, 1.165) is 12.0 Å². The zero-order valence-corrected chi connectivity index (χ0v) is 45.1. The number of carbonyl (C=O) groups excluding carboxylic acids is 1. The van der Waals surface area contributed by atoms with Crippen molar-refractivity contribution in [2.45, 2.75) is 96.6 Å². The first-order valence-electron chi connectivity index (χ1n) is 24.9. The SMILES string of the molecule is CC[C@@H](C[C@@H](CCN1C(=O)N(c2ccc(OC)cc2)Cc2cnc(Nc3ccc(F)c(OC)c3)nc21)O[Si](c1ccccc1)(c1ccccc1)C(C)(C)C)O[Si](c1ccccc1)(c1ccccc1)C(C)(C)C. The van der Waals surface area contributed by atoms with E-state index >= 15 is 4.79 Å². The first kappa shape index (κ1) is 51.7. The van der Waals surface area contributed by atoms with Crippen LogP contribution in [0.25, 0.3) is 0 Å². The molecule has 10 nitrogen and oxygen atoms in total. The normalized spacial score (nSPS) is 14.1. The van der Waals surface area contributed by atoms with Gasteiger partial charge in [0.15, 0.2) is 11.6 Å². The fourth-order valence-corrected chi connectivity index (χ4v) is 19.8. The average molecular weight is 1000 g/mol. The Hall–Kier alpha value is -6.65. The smallest absolute Gasteiger partial charge is 0.330 e. The molecule has 6 aromatic carbocycles. The van der Waals surface area contributed by atoms with Crippen molar-refractivity contribution in [2.75, 3.05) is 35.9 Å². The highest BCUT2D eigenvalue weighted by atomic mass is 28.4. The van der Waals surface area contributed by atoms with Gasteiger partial charge in [-0.2, -0.15) is 4.98 Å². The van der Waals surface area contributed by atoms with Crippen LogP contribution >= 0.6 is 0 Å². The lowest BCUT2D eigenvalue weighted by Gasteiger charge is -2.48. The van der Waals surface area contributed by atoms with Gasteiger partial charge in [-0.1, -0.05) is 170 Å². The predicted octanol–water partition coefficient (Wildman–Crippen LogP) is 11.4. The Labute approximate surface area is 427 Å². The summed E-state index contributed by atoms with van der Waals surface area (Å²) in [5.41, 5.74) is 2.01. The zero-order chi connectivity index (χ0) is 51.1. The van der Waals surface area contributed by atoms with Gasteiger partial charge in [0.1, 0.15) is 11.6 Å². The Bertz CT molecular complexity index is 2810. The molecular formula is C59H68FN5O5Si2. The number of aromatic nitrogens is 2. The van der Waals surface area contributed by atoms with Gasteiger partial charge in [0.05, 0.1) is 20.8 Å². The fourth-order valence-electron chi connectivity index (χ4n) is 10.3. The lowest BCUT2D eigenvalue weighted by Crippen LogP contribution is -2.69. The number of urea groups is 1. The molecule has 1 aliphatic heterocycles. The number of benzene rings is 6. The summed E-state index contributed by atoms with van der Waals surface area (Å²) in [5, 5.41) is 7.40. The summed E-state index contributed by atoms with van der Waals surface area (Å²) < 4.78 is 41.3. The highest BCUT2D eigenvalue weighted by molar-refractivity contribution is 7.00. The Morgan fingerprint density at radius 1 is 0.667 bits per heavy atom. The number of methoxy groups -OCH3 is 2. The van der Waals surface area contributed by atoms with Crippen molar-refractivity contribution >= 4 is 66.6 Å². The molecule has 0 saturated heterocycles. The van der Waals surface area contributed by atoms with Gasteiger partial charge in [0, 0.05) is 48.0 Å². The maximum atomic E-state index is 15.3. The van der Waals surface area contributed by atoms with Crippen LogP contribution in [0.15, 0.2) is 170 Å². The maximum Gasteiger partial charge on any atom is 0.330 e. The molecule has 0 aliphatic carbocycles. The molecule has 8 rings (SSSR count). The van der Waals surface area contributed by atoms with E-state index in [1.54, 1.807) is 35.2 Å². The molecule has 72 heavy (non-hydrogen) atoms. The summed E-state index contributed by atoms with van der Waals surface area (Å²) in [5.74, 6) is 1.02. The molecule has 2 heterocycles. The third-order valence-electron chi connectivity index (χ3n) is 13.9. The van der Waals surface area contributed by atoms with Gasteiger partial charge in [-0.15, -0.1) is 0 Å². The monoisotopic (exact) mass is 1000 g/mol. The number of fused-ring (bicyclic) bond motifs is 1. The van der Waals surface area contributed by atoms with Gasteiger partial charge in [-0.25, -0.2) is 14.2 Å². The molecule has 0 fully saturated rings. The molecule has 0 radical (unpaired) electrons. The number of rotatable bonds is 19. The first-order valence-corrected chi connectivity index (χ1v) is 28.7. The van der Waals surface area contributed by atoms with Crippen molar-refractivity contribution in [3.8, 4) is 11.5 Å². The number of amides is 2. The van der Waals surface area contributed by atoms with Crippen LogP contribution in [0.3, 0.4) is 0 Å². The summed E-state index contributed by atoms with van der Waals surface area (Å²) in [7, 11) is -3.14. The fraction of sp³-hybridized carbons (Fsp3) is 0.305. The van der Waals surface area contributed by atoms with Gasteiger partial charge in [0.25, 0.3) is 16.6 Å². The standard InChI is InChI=1S/C59H68FN5O5Si2/c1-10-46(69-71(58(2,3)4,49-23-15-11-16-24-49)50-25-17-12-18-26-50)40-48(70-72(59(5,6)7,51-27-19-13-20-28-51)52-29-21-14-22-30-52)37-38-64-55-43(42-65(57(64)66)45-32-34-47(67-8)35-33-45)41-61-56(63-55)62-44-31-36-53(60)54(39-44)68-9/h11-36,39,41,46,48H,10,37-38,40,42H2,1-9H3,(H,61,62,63)/t46-,48+/m0/s1. The number of anilines is 4. The average Bonchev–Trinajstić information content (AvgIpc) is 3.39. The molecule has 13 heteroatoms. The highest BCUT2D eigenvalue weighted by Gasteiger charge is 2.54. The highest BCUT2D eigenvalue weighted by Crippen LogP contribution is 2.42. The van der Waals surface area contributed by atoms with E-state index in [1.807, 2.05) is 24.3 Å². The maximum absolute atomic E-state index is 15.3. The van der Waals surface area contributed by atoms with E-state index in [2.05, 4.69) is 175 Å². The van der Waals surface area contributed by atoms with Crippen molar-refractivity contribution < 1.29 is 27.5 Å². The third kappa shape index (κ3) is 10.6. The van der Waals surface area contributed by atoms with Crippen LogP contribution in [0.2, 0.25) is 10.1 Å². The Morgan fingerprint density at radius 2 is 1.17 bits per heavy atom. The molecule has 1 N–H and O–H groups in total. The molecular weight excluding hydrogens is 934 g/mol. The summed E-state index contributed by atoms with van der Waals surface area (Å²) in [6.07, 6.45) is 2.87. The van der Waals surface area contributed by atoms with Crippen LogP contribution in [0.1, 0.15) is 73.3 Å². The Kier molecular flexibility index (Phi) is 15.8. The number of nitrogens with zero attached hydrogens (tertiary/aromatic N) is 4. The molecule has 1 aliphatic rings. The van der Waals surface area contributed by atoms with Gasteiger partial charge in [-0.3, -0.25) is 9.80 Å². The largest absolute Gasteiger partial charge is 0.497 e. The summed E-state index contributed by atoms with van der Waals surface area (Å²) in [6.45, 7) is 16.5. The number of hydrogen-bond acceptors (Lipinski definition) is 8. The molecule has 2 amide bonds. The second-order valence-electron chi connectivity index (χ2n) is 20.5. The molecule has 0 saturated carbocycles. The van der Waals surface area contributed by atoms with E-state index in [9.17, 15) is 4.39 Å². The number of nitrogens with one attached hydrogen (secondary N) is 1. The second kappa shape index (κ2) is 22.0. The minimum atomic E-state index is -3.17. The van der Waals surface area contributed by atoms with E-state index in [-0.39, 0.29) is 47.0 Å². The minimum absolute atomic E-state index is 0.0844. The van der Waals surface area contributed by atoms with Crippen LogP contribution in [0, 0.1) is 5.82 Å². The molecule has 7 aromatic rings. The number of ether oxygens (including phenoxy) is 2. The Morgan fingerprint density at radius 3 is 1.62 bits per heavy atom. The van der Waals surface area contributed by atoms with E-state index < -0.39 is 28.6 Å². The lowest BCUT2D eigenvalue weighted by molar-refractivity contribution is 0.0912.